The minimum atomic E-state index is -4.79. The van der Waals surface area contributed by atoms with E-state index in [4.69, 9.17) is 5.11 Å². The van der Waals surface area contributed by atoms with E-state index in [0.29, 0.717) is 29.5 Å². The third-order valence-electron chi connectivity index (χ3n) is 7.20. The van der Waals surface area contributed by atoms with Gasteiger partial charge in [-0.3, -0.25) is 14.4 Å². The summed E-state index contributed by atoms with van der Waals surface area (Å²) >= 11 is 0. The Morgan fingerprint density at radius 3 is 2.24 bits per heavy atom. The van der Waals surface area contributed by atoms with Crippen LogP contribution in [0.2, 0.25) is 0 Å². The number of ether oxygens (including phenoxy) is 1. The van der Waals surface area contributed by atoms with Gasteiger partial charge in [-0.25, -0.2) is 0 Å². The second kappa shape index (κ2) is 12.8. The molecule has 0 radical (unpaired) electrons. The molecule has 0 bridgehead atoms. The summed E-state index contributed by atoms with van der Waals surface area (Å²) in [5.41, 5.74) is 1.63. The molecule has 10 heteroatoms. The Morgan fingerprint density at radius 2 is 1.66 bits per heavy atom. The van der Waals surface area contributed by atoms with E-state index in [2.05, 4.69) is 29.2 Å². The summed E-state index contributed by atoms with van der Waals surface area (Å²) in [6.45, 7) is 4.42. The first-order valence-electron chi connectivity index (χ1n) is 12.7. The third kappa shape index (κ3) is 8.78. The fraction of sp³-hybridized carbons (Fsp3) is 0.464. The normalized spacial score (nSPS) is 20.3. The van der Waals surface area contributed by atoms with Gasteiger partial charge in [-0.1, -0.05) is 32.4 Å². The van der Waals surface area contributed by atoms with E-state index in [1.807, 2.05) is 0 Å². The summed E-state index contributed by atoms with van der Waals surface area (Å²) in [5.74, 6) is -1.16. The number of nitrogens with one attached hydrogen (secondary N) is 2. The molecule has 1 saturated carbocycles. The van der Waals surface area contributed by atoms with Crippen LogP contribution in [0.1, 0.15) is 55.5 Å². The maximum absolute atomic E-state index is 13.4. The quantitative estimate of drug-likeness (QED) is 0.365. The van der Waals surface area contributed by atoms with Gasteiger partial charge in [-0.05, 0) is 79.0 Å². The average molecular weight is 535 g/mol. The number of hydrogen-bond acceptors (Lipinski definition) is 4. The zero-order valence-electron chi connectivity index (χ0n) is 21.4. The molecule has 4 atom stereocenters. The van der Waals surface area contributed by atoms with Crippen LogP contribution in [0.25, 0.3) is 0 Å². The van der Waals surface area contributed by atoms with Gasteiger partial charge < -0.3 is 20.5 Å². The van der Waals surface area contributed by atoms with Crippen molar-refractivity contribution in [1.29, 1.82) is 0 Å². The summed E-state index contributed by atoms with van der Waals surface area (Å²) < 4.78 is 41.2. The molecule has 2 aromatic carbocycles. The Labute approximate surface area is 219 Å². The van der Waals surface area contributed by atoms with Crippen LogP contribution < -0.4 is 15.4 Å². The summed E-state index contributed by atoms with van der Waals surface area (Å²) in [6.07, 6.45) is -1.73. The van der Waals surface area contributed by atoms with Gasteiger partial charge in [0.1, 0.15) is 5.75 Å². The average Bonchev–Trinajstić information content (AvgIpc) is 2.84. The minimum absolute atomic E-state index is 0.0275. The van der Waals surface area contributed by atoms with Gasteiger partial charge in [0.25, 0.3) is 5.91 Å². The monoisotopic (exact) mass is 534 g/mol. The van der Waals surface area contributed by atoms with Crippen molar-refractivity contribution in [2.75, 3.05) is 11.9 Å². The lowest BCUT2D eigenvalue weighted by molar-refractivity contribution is -0.274. The molecular weight excluding hydrogens is 501 g/mol. The molecular formula is C28H33F3N2O5. The van der Waals surface area contributed by atoms with Crippen LogP contribution in [0, 0.1) is 23.7 Å². The van der Waals surface area contributed by atoms with Crippen LogP contribution in [0.3, 0.4) is 0 Å². The van der Waals surface area contributed by atoms with Crippen molar-refractivity contribution in [3.05, 3.63) is 59.7 Å². The highest BCUT2D eigenvalue weighted by atomic mass is 19.4. The molecule has 0 saturated heterocycles. The van der Waals surface area contributed by atoms with Gasteiger partial charge in [0.05, 0.1) is 6.42 Å². The van der Waals surface area contributed by atoms with Gasteiger partial charge >= 0.3 is 12.3 Å². The third-order valence-corrected chi connectivity index (χ3v) is 7.20. The lowest BCUT2D eigenvalue weighted by Crippen LogP contribution is -2.35. The summed E-state index contributed by atoms with van der Waals surface area (Å²) in [7, 11) is 0. The van der Waals surface area contributed by atoms with Gasteiger partial charge in [-0.2, -0.15) is 0 Å². The standard InChI is InChI=1S/C28H33F3N2O5/c1-17-3-6-21(15-18(17)2)24(27(37)33-22-9-11-23(12-10-22)38-28(29,30)31)16-19-4-7-20(8-5-19)26(36)32-14-13-25(34)35/h4-5,7-12,17-18,21,24H,3,6,13-16H2,1-2H3,(H,32,36)(H,33,37)(H,34,35). The van der Waals surface area contributed by atoms with Crippen molar-refractivity contribution < 1.29 is 37.4 Å². The predicted octanol–water partition coefficient (Wildman–Crippen LogP) is 5.66. The number of alkyl halides is 3. The molecule has 0 aromatic heterocycles. The number of anilines is 1. The second-order valence-electron chi connectivity index (χ2n) is 10.00. The predicted molar refractivity (Wildman–Crippen MR) is 136 cm³/mol. The fourth-order valence-corrected chi connectivity index (χ4v) is 4.83. The number of carboxylic acids is 1. The molecule has 3 N–H and O–H groups in total. The highest BCUT2D eigenvalue weighted by molar-refractivity contribution is 5.94. The number of halogens is 3. The maximum atomic E-state index is 13.4. The zero-order chi connectivity index (χ0) is 27.9. The van der Waals surface area contributed by atoms with Crippen molar-refractivity contribution >= 4 is 23.5 Å². The molecule has 1 aliphatic carbocycles. The van der Waals surface area contributed by atoms with Gasteiger partial charge in [0, 0.05) is 23.7 Å². The van der Waals surface area contributed by atoms with E-state index in [0.717, 1.165) is 37.0 Å². The second-order valence-corrected chi connectivity index (χ2v) is 10.00. The van der Waals surface area contributed by atoms with Crippen LogP contribution in [0.4, 0.5) is 18.9 Å². The van der Waals surface area contributed by atoms with E-state index in [-0.39, 0.29) is 42.4 Å². The zero-order valence-corrected chi connectivity index (χ0v) is 21.4. The number of carbonyl (C=O) groups excluding carboxylic acids is 2. The molecule has 2 amide bonds. The first-order valence-corrected chi connectivity index (χ1v) is 12.7. The van der Waals surface area contributed by atoms with Gasteiger partial charge in [-0.15, -0.1) is 13.2 Å². The smallest absolute Gasteiger partial charge is 0.481 e. The maximum Gasteiger partial charge on any atom is 0.573 e. The Hall–Kier alpha value is -3.56. The first kappa shape index (κ1) is 29.0. The highest BCUT2D eigenvalue weighted by Crippen LogP contribution is 2.39. The molecule has 206 valence electrons. The summed E-state index contributed by atoms with van der Waals surface area (Å²) in [4.78, 5) is 36.3. The summed E-state index contributed by atoms with van der Waals surface area (Å²) in [5, 5.41) is 14.1. The van der Waals surface area contributed by atoms with Crippen molar-refractivity contribution in [3.63, 3.8) is 0 Å². The molecule has 0 heterocycles. The number of amides is 2. The highest BCUT2D eigenvalue weighted by Gasteiger charge is 2.34. The van der Waals surface area contributed by atoms with E-state index in [9.17, 15) is 27.6 Å². The van der Waals surface area contributed by atoms with Crippen molar-refractivity contribution in [3.8, 4) is 5.75 Å². The topological polar surface area (TPSA) is 105 Å². The van der Waals surface area contributed by atoms with Crippen LogP contribution in [0.5, 0.6) is 5.75 Å². The number of aliphatic carboxylic acids is 1. The molecule has 38 heavy (non-hydrogen) atoms. The number of rotatable bonds is 10. The SMILES string of the molecule is CC1CCC(C(Cc2ccc(C(=O)NCCC(=O)O)cc2)C(=O)Nc2ccc(OC(F)(F)F)cc2)CC1C. The fourth-order valence-electron chi connectivity index (χ4n) is 4.83. The van der Waals surface area contributed by atoms with Crippen LogP contribution in [-0.2, 0) is 16.0 Å². The Morgan fingerprint density at radius 1 is 1.00 bits per heavy atom. The molecule has 3 rings (SSSR count). The molecule has 7 nitrogen and oxygen atoms in total. The molecule has 1 fully saturated rings. The Bertz CT molecular complexity index is 1100. The van der Waals surface area contributed by atoms with Crippen molar-refractivity contribution in [2.24, 2.45) is 23.7 Å². The Balaban J connectivity index is 1.71. The number of hydrogen-bond donors (Lipinski definition) is 3. The van der Waals surface area contributed by atoms with Crippen LogP contribution in [-0.4, -0.2) is 35.8 Å². The van der Waals surface area contributed by atoms with Crippen LogP contribution in [0.15, 0.2) is 48.5 Å². The van der Waals surface area contributed by atoms with E-state index in [1.165, 1.54) is 12.1 Å². The van der Waals surface area contributed by atoms with Crippen LogP contribution >= 0.6 is 0 Å². The van der Waals surface area contributed by atoms with E-state index < -0.39 is 12.3 Å². The van der Waals surface area contributed by atoms with Gasteiger partial charge in [0.15, 0.2) is 0 Å². The minimum Gasteiger partial charge on any atom is -0.481 e. The first-order chi connectivity index (χ1) is 17.9. The molecule has 4 unspecified atom stereocenters. The largest absolute Gasteiger partial charge is 0.573 e. The van der Waals surface area contributed by atoms with Crippen molar-refractivity contribution in [1.82, 2.24) is 5.32 Å². The Kier molecular flexibility index (Phi) is 9.77. The van der Waals surface area contributed by atoms with E-state index >= 15 is 0 Å². The number of carboxylic acid groups (broad SMARTS) is 1. The number of carbonyl (C=O) groups is 3. The number of benzene rings is 2. The summed E-state index contributed by atoms with van der Waals surface area (Å²) in [6, 6.07) is 11.9. The van der Waals surface area contributed by atoms with Crippen molar-refractivity contribution in [2.45, 2.75) is 52.3 Å². The molecule has 0 spiro atoms. The van der Waals surface area contributed by atoms with E-state index in [1.54, 1.807) is 24.3 Å². The lowest BCUT2D eigenvalue weighted by atomic mass is 9.69. The molecule has 2 aromatic rings. The molecule has 1 aliphatic rings. The lowest BCUT2D eigenvalue weighted by Gasteiger charge is -2.36. The van der Waals surface area contributed by atoms with Gasteiger partial charge in [0.2, 0.25) is 5.91 Å². The molecule has 0 aliphatic heterocycles.